The van der Waals surface area contributed by atoms with Crippen LogP contribution in [0.25, 0.3) is 88.7 Å². The fourth-order valence-corrected chi connectivity index (χ4v) is 6.64. The molecule has 0 radical (unpaired) electrons. The standard InChI is InChI=1S/C44H28N4/c1-2-11-31(12-3-1)42-46-43(48-44(47-42)35-14-8-13-33(26-35)36-15-9-25-45-28-36)32-22-19-30(20-23-32)40-27-34-24-21-29-10-4-5-16-37(29)41(34)39-18-7-6-17-38(39)40/h1-28H. The van der Waals surface area contributed by atoms with Gasteiger partial charge in [-0.25, -0.2) is 15.0 Å². The van der Waals surface area contributed by atoms with Gasteiger partial charge >= 0.3 is 0 Å². The average molecular weight is 613 g/mol. The molecule has 0 aliphatic heterocycles. The van der Waals surface area contributed by atoms with Crippen LogP contribution in [0.3, 0.4) is 0 Å². The number of hydrogen-bond donors (Lipinski definition) is 0. The molecule has 2 aromatic heterocycles. The van der Waals surface area contributed by atoms with Crippen molar-refractivity contribution >= 4 is 32.3 Å². The van der Waals surface area contributed by atoms with Crippen LogP contribution in [0, 0.1) is 0 Å². The molecule has 9 aromatic rings. The van der Waals surface area contributed by atoms with Crippen LogP contribution in [0.1, 0.15) is 0 Å². The molecule has 0 aliphatic carbocycles. The molecule has 0 fully saturated rings. The molecule has 7 aromatic carbocycles. The average Bonchev–Trinajstić information content (AvgIpc) is 3.18. The van der Waals surface area contributed by atoms with E-state index in [1.54, 1.807) is 6.20 Å². The van der Waals surface area contributed by atoms with Crippen molar-refractivity contribution < 1.29 is 0 Å². The lowest BCUT2D eigenvalue weighted by Gasteiger charge is -2.14. The van der Waals surface area contributed by atoms with E-state index in [1.165, 1.54) is 37.9 Å². The number of aromatic nitrogens is 4. The van der Waals surface area contributed by atoms with E-state index in [2.05, 4.69) is 114 Å². The molecule has 224 valence electrons. The van der Waals surface area contributed by atoms with E-state index >= 15 is 0 Å². The Balaban J connectivity index is 1.16. The van der Waals surface area contributed by atoms with Gasteiger partial charge in [0.2, 0.25) is 0 Å². The molecule has 0 unspecified atom stereocenters. The summed E-state index contributed by atoms with van der Waals surface area (Å²) in [5, 5.41) is 7.55. The van der Waals surface area contributed by atoms with Crippen molar-refractivity contribution in [2.75, 3.05) is 0 Å². The Morgan fingerprint density at radius 3 is 1.69 bits per heavy atom. The topological polar surface area (TPSA) is 51.6 Å². The van der Waals surface area contributed by atoms with Crippen LogP contribution in [0.2, 0.25) is 0 Å². The molecule has 0 saturated heterocycles. The molecule has 0 bridgehead atoms. The molecule has 9 rings (SSSR count). The lowest BCUT2D eigenvalue weighted by Crippen LogP contribution is -2.00. The maximum absolute atomic E-state index is 5.02. The Hall–Kier alpha value is -6.52. The zero-order valence-corrected chi connectivity index (χ0v) is 26.0. The summed E-state index contributed by atoms with van der Waals surface area (Å²) in [5.41, 5.74) is 7.24. The first-order valence-electron chi connectivity index (χ1n) is 16.0. The quantitative estimate of drug-likeness (QED) is 0.181. The first-order chi connectivity index (χ1) is 23.8. The highest BCUT2D eigenvalue weighted by atomic mass is 15.0. The molecule has 2 heterocycles. The van der Waals surface area contributed by atoms with Crippen LogP contribution in [-0.2, 0) is 0 Å². The molecule has 4 nitrogen and oxygen atoms in total. The zero-order valence-electron chi connectivity index (χ0n) is 26.0. The van der Waals surface area contributed by atoms with Crippen LogP contribution in [0.4, 0.5) is 0 Å². The van der Waals surface area contributed by atoms with Gasteiger partial charge in [-0.3, -0.25) is 4.98 Å². The molecule has 0 N–H and O–H groups in total. The van der Waals surface area contributed by atoms with Crippen LogP contribution < -0.4 is 0 Å². The lowest BCUT2D eigenvalue weighted by molar-refractivity contribution is 1.07. The second kappa shape index (κ2) is 11.7. The number of nitrogens with zero attached hydrogens (tertiary/aromatic N) is 4. The third-order valence-electron chi connectivity index (χ3n) is 8.98. The predicted molar refractivity (Wildman–Crippen MR) is 197 cm³/mol. The normalized spacial score (nSPS) is 11.3. The number of benzene rings is 7. The van der Waals surface area contributed by atoms with Gasteiger partial charge < -0.3 is 0 Å². The van der Waals surface area contributed by atoms with Crippen molar-refractivity contribution in [2.24, 2.45) is 0 Å². The Kier molecular flexibility index (Phi) is 6.76. The van der Waals surface area contributed by atoms with Crippen molar-refractivity contribution in [3.63, 3.8) is 0 Å². The predicted octanol–water partition coefficient (Wildman–Crippen LogP) is 11.1. The number of rotatable bonds is 5. The fraction of sp³-hybridized carbons (Fsp3) is 0. The van der Waals surface area contributed by atoms with E-state index < -0.39 is 0 Å². The minimum atomic E-state index is 0.626. The van der Waals surface area contributed by atoms with E-state index in [-0.39, 0.29) is 0 Å². The van der Waals surface area contributed by atoms with Crippen molar-refractivity contribution in [1.82, 2.24) is 19.9 Å². The summed E-state index contributed by atoms with van der Waals surface area (Å²) in [6.07, 6.45) is 3.66. The summed E-state index contributed by atoms with van der Waals surface area (Å²) in [4.78, 5) is 19.2. The molecule has 0 atom stereocenters. The highest BCUT2D eigenvalue weighted by Gasteiger charge is 2.15. The minimum absolute atomic E-state index is 0.626. The zero-order chi connectivity index (χ0) is 31.9. The summed E-state index contributed by atoms with van der Waals surface area (Å²) in [5.74, 6) is 1.90. The minimum Gasteiger partial charge on any atom is -0.264 e. The summed E-state index contributed by atoms with van der Waals surface area (Å²) in [7, 11) is 0. The van der Waals surface area contributed by atoms with Crippen molar-refractivity contribution in [1.29, 1.82) is 0 Å². The van der Waals surface area contributed by atoms with Gasteiger partial charge in [0.05, 0.1) is 0 Å². The van der Waals surface area contributed by atoms with Crippen molar-refractivity contribution in [3.05, 3.63) is 170 Å². The maximum Gasteiger partial charge on any atom is 0.164 e. The van der Waals surface area contributed by atoms with Gasteiger partial charge in [-0.05, 0) is 67.2 Å². The lowest BCUT2D eigenvalue weighted by atomic mass is 9.90. The molecular formula is C44H28N4. The van der Waals surface area contributed by atoms with Crippen LogP contribution in [0.15, 0.2) is 170 Å². The smallest absolute Gasteiger partial charge is 0.164 e. The summed E-state index contributed by atoms with van der Waals surface area (Å²) in [6.45, 7) is 0. The van der Waals surface area contributed by atoms with Gasteiger partial charge in [0.1, 0.15) is 0 Å². The molecule has 48 heavy (non-hydrogen) atoms. The summed E-state index contributed by atoms with van der Waals surface area (Å²) < 4.78 is 0. The largest absolute Gasteiger partial charge is 0.264 e. The number of hydrogen-bond acceptors (Lipinski definition) is 4. The van der Waals surface area contributed by atoms with Gasteiger partial charge in [0.25, 0.3) is 0 Å². The molecular weight excluding hydrogens is 585 g/mol. The Bertz CT molecular complexity index is 2600. The van der Waals surface area contributed by atoms with E-state index in [4.69, 9.17) is 15.0 Å². The SMILES string of the molecule is c1ccc(-c2nc(-c3ccc(-c4cc5ccc6ccccc6c5c5ccccc45)cc3)nc(-c3cccc(-c4cccnc4)c3)n2)cc1. The Labute approximate surface area is 278 Å². The number of fused-ring (bicyclic) bond motifs is 5. The highest BCUT2D eigenvalue weighted by Crippen LogP contribution is 2.39. The fourth-order valence-electron chi connectivity index (χ4n) is 6.64. The van der Waals surface area contributed by atoms with E-state index in [0.717, 1.165) is 33.4 Å². The van der Waals surface area contributed by atoms with Gasteiger partial charge in [-0.15, -0.1) is 0 Å². The summed E-state index contributed by atoms with van der Waals surface area (Å²) in [6, 6.07) is 55.1. The first-order valence-corrected chi connectivity index (χ1v) is 16.0. The Morgan fingerprint density at radius 1 is 0.333 bits per heavy atom. The van der Waals surface area contributed by atoms with Crippen LogP contribution >= 0.6 is 0 Å². The Morgan fingerprint density at radius 2 is 0.917 bits per heavy atom. The first kappa shape index (κ1) is 27.8. The van der Waals surface area contributed by atoms with Gasteiger partial charge in [0.15, 0.2) is 17.5 Å². The summed E-state index contributed by atoms with van der Waals surface area (Å²) >= 11 is 0. The molecule has 0 amide bonds. The van der Waals surface area contributed by atoms with Crippen LogP contribution in [-0.4, -0.2) is 19.9 Å². The van der Waals surface area contributed by atoms with Crippen LogP contribution in [0.5, 0.6) is 0 Å². The highest BCUT2D eigenvalue weighted by molar-refractivity contribution is 6.23. The molecule has 4 heteroatoms. The van der Waals surface area contributed by atoms with Crippen molar-refractivity contribution in [2.45, 2.75) is 0 Å². The molecule has 0 saturated carbocycles. The van der Waals surface area contributed by atoms with E-state index in [9.17, 15) is 0 Å². The third kappa shape index (κ3) is 4.97. The molecule has 0 spiro atoms. The second-order valence-electron chi connectivity index (χ2n) is 11.9. The maximum atomic E-state index is 5.02. The number of pyridine rings is 1. The van der Waals surface area contributed by atoms with E-state index in [1.807, 2.05) is 54.7 Å². The van der Waals surface area contributed by atoms with E-state index in [0.29, 0.717) is 17.5 Å². The molecule has 0 aliphatic rings. The third-order valence-corrected chi connectivity index (χ3v) is 8.98. The van der Waals surface area contributed by atoms with Gasteiger partial charge in [-0.2, -0.15) is 0 Å². The van der Waals surface area contributed by atoms with Gasteiger partial charge in [0, 0.05) is 34.6 Å². The van der Waals surface area contributed by atoms with Crippen molar-refractivity contribution in [3.8, 4) is 56.4 Å². The monoisotopic (exact) mass is 612 g/mol. The van der Waals surface area contributed by atoms with Gasteiger partial charge in [-0.1, -0.05) is 140 Å². The second-order valence-corrected chi connectivity index (χ2v) is 11.9.